The molecule has 2 aliphatic rings. The molecule has 6 heteroatoms. The van der Waals surface area contributed by atoms with E-state index in [4.69, 9.17) is 9.47 Å². The van der Waals surface area contributed by atoms with Crippen LogP contribution in [0.3, 0.4) is 0 Å². The van der Waals surface area contributed by atoms with Crippen molar-refractivity contribution in [2.45, 2.75) is 24.0 Å². The van der Waals surface area contributed by atoms with E-state index < -0.39 is 10.0 Å². The Hall–Kier alpha value is -0.950. The number of hydrogen-bond donors (Lipinski definition) is 0. The van der Waals surface area contributed by atoms with Crippen LogP contribution >= 0.6 is 0 Å². The molecule has 20 heavy (non-hydrogen) atoms. The van der Waals surface area contributed by atoms with Gasteiger partial charge in [0.05, 0.1) is 30.3 Å². The molecule has 2 saturated heterocycles. The average molecular weight is 297 g/mol. The fourth-order valence-corrected chi connectivity index (χ4v) is 4.70. The molecule has 5 nitrogen and oxygen atoms in total. The molecular weight excluding hydrogens is 278 g/mol. The first-order chi connectivity index (χ1) is 9.54. The van der Waals surface area contributed by atoms with Crippen LogP contribution in [0.4, 0.5) is 0 Å². The summed E-state index contributed by atoms with van der Waals surface area (Å²) in [6, 6.07) is 6.86. The second-order valence-corrected chi connectivity index (χ2v) is 7.32. The van der Waals surface area contributed by atoms with E-state index in [-0.39, 0.29) is 18.1 Å². The second kappa shape index (κ2) is 5.11. The van der Waals surface area contributed by atoms with E-state index in [0.717, 1.165) is 5.56 Å². The van der Waals surface area contributed by atoms with E-state index in [1.165, 1.54) is 0 Å². The predicted molar refractivity (Wildman–Crippen MR) is 74.0 cm³/mol. The van der Waals surface area contributed by atoms with E-state index >= 15 is 0 Å². The minimum absolute atomic E-state index is 0.0808. The molecule has 0 aliphatic carbocycles. The molecule has 0 spiro atoms. The lowest BCUT2D eigenvalue weighted by Crippen LogP contribution is -2.38. The van der Waals surface area contributed by atoms with Crippen LogP contribution in [0, 0.1) is 12.8 Å². The Bertz CT molecular complexity index is 584. The van der Waals surface area contributed by atoms with E-state index in [9.17, 15) is 8.42 Å². The predicted octanol–water partition coefficient (Wildman–Crippen LogP) is 1.03. The molecule has 0 N–H and O–H groups in total. The summed E-state index contributed by atoms with van der Waals surface area (Å²) in [7, 11) is -1.85. The molecule has 0 amide bonds. The Morgan fingerprint density at radius 1 is 1.25 bits per heavy atom. The van der Waals surface area contributed by atoms with Crippen LogP contribution in [-0.2, 0) is 19.5 Å². The molecule has 0 aromatic heterocycles. The normalized spacial score (nSPS) is 30.6. The smallest absolute Gasteiger partial charge is 0.243 e. The molecular formula is C14H19NO4S. The molecule has 1 aromatic carbocycles. The van der Waals surface area contributed by atoms with Crippen LogP contribution in [0.25, 0.3) is 0 Å². The van der Waals surface area contributed by atoms with Crippen molar-refractivity contribution in [2.24, 2.45) is 5.92 Å². The van der Waals surface area contributed by atoms with Gasteiger partial charge in [-0.25, -0.2) is 8.42 Å². The van der Waals surface area contributed by atoms with E-state index in [2.05, 4.69) is 0 Å². The SMILES string of the molecule is CO[C@@H]1CN(S(=O)(=O)c2ccc(C)cc2)[C@H]2COC[C@@H]12. The number of hydrogen-bond acceptors (Lipinski definition) is 4. The number of nitrogens with zero attached hydrogens (tertiary/aromatic N) is 1. The molecule has 110 valence electrons. The van der Waals surface area contributed by atoms with Crippen LogP contribution in [0.1, 0.15) is 5.56 Å². The summed E-state index contributed by atoms with van der Waals surface area (Å²) in [4.78, 5) is 0.338. The van der Waals surface area contributed by atoms with E-state index in [1.807, 2.05) is 19.1 Å². The van der Waals surface area contributed by atoms with E-state index in [1.54, 1.807) is 23.5 Å². The number of sulfonamides is 1. The third kappa shape index (κ3) is 2.16. The van der Waals surface area contributed by atoms with Crippen molar-refractivity contribution in [3.63, 3.8) is 0 Å². The summed E-state index contributed by atoms with van der Waals surface area (Å²) in [5, 5.41) is 0. The lowest BCUT2D eigenvalue weighted by Gasteiger charge is -2.22. The van der Waals surface area contributed by atoms with Gasteiger partial charge in [-0.1, -0.05) is 17.7 Å². The molecule has 0 unspecified atom stereocenters. The molecule has 0 radical (unpaired) electrons. The first-order valence-electron chi connectivity index (χ1n) is 6.73. The number of benzene rings is 1. The maximum absolute atomic E-state index is 12.8. The maximum Gasteiger partial charge on any atom is 0.243 e. The third-order valence-electron chi connectivity index (χ3n) is 4.23. The van der Waals surface area contributed by atoms with Gasteiger partial charge in [-0.3, -0.25) is 0 Å². The fourth-order valence-electron chi connectivity index (χ4n) is 3.03. The van der Waals surface area contributed by atoms with Crippen LogP contribution in [0.5, 0.6) is 0 Å². The highest BCUT2D eigenvalue weighted by Crippen LogP contribution is 2.35. The number of rotatable bonds is 3. The molecule has 0 saturated carbocycles. The van der Waals surface area contributed by atoms with Gasteiger partial charge in [-0.2, -0.15) is 4.31 Å². The molecule has 3 atom stereocenters. The summed E-state index contributed by atoms with van der Waals surface area (Å²) in [6.07, 6.45) is -0.0808. The zero-order chi connectivity index (χ0) is 14.3. The van der Waals surface area contributed by atoms with Gasteiger partial charge < -0.3 is 9.47 Å². The summed E-state index contributed by atoms with van der Waals surface area (Å²) < 4.78 is 37.9. The monoisotopic (exact) mass is 297 g/mol. The summed E-state index contributed by atoms with van der Waals surface area (Å²) in [6.45, 7) is 3.37. The van der Waals surface area contributed by atoms with Gasteiger partial charge in [0.2, 0.25) is 10.0 Å². The van der Waals surface area contributed by atoms with Gasteiger partial charge in [-0.05, 0) is 19.1 Å². The van der Waals surface area contributed by atoms with Crippen molar-refractivity contribution in [1.82, 2.24) is 4.31 Å². The molecule has 2 fully saturated rings. The summed E-state index contributed by atoms with van der Waals surface area (Å²) in [5.41, 5.74) is 1.04. The molecule has 0 bridgehead atoms. The number of aryl methyl sites for hydroxylation is 1. The molecule has 2 heterocycles. The number of ether oxygens (including phenoxy) is 2. The Morgan fingerprint density at radius 3 is 2.60 bits per heavy atom. The van der Waals surface area contributed by atoms with Crippen LogP contribution in [0.2, 0.25) is 0 Å². The average Bonchev–Trinajstić information content (AvgIpc) is 3.00. The first kappa shape index (κ1) is 14.0. The second-order valence-electron chi connectivity index (χ2n) is 5.43. The van der Waals surface area contributed by atoms with Crippen molar-refractivity contribution in [3.05, 3.63) is 29.8 Å². The Balaban J connectivity index is 1.93. The van der Waals surface area contributed by atoms with Gasteiger partial charge >= 0.3 is 0 Å². The van der Waals surface area contributed by atoms with Gasteiger partial charge in [0, 0.05) is 19.6 Å². The van der Waals surface area contributed by atoms with Crippen molar-refractivity contribution in [2.75, 3.05) is 26.9 Å². The van der Waals surface area contributed by atoms with E-state index in [0.29, 0.717) is 24.7 Å². The highest BCUT2D eigenvalue weighted by Gasteiger charge is 2.50. The maximum atomic E-state index is 12.8. The molecule has 3 rings (SSSR count). The van der Waals surface area contributed by atoms with Crippen LogP contribution < -0.4 is 0 Å². The Kier molecular flexibility index (Phi) is 3.58. The van der Waals surface area contributed by atoms with Gasteiger partial charge in [-0.15, -0.1) is 0 Å². The topological polar surface area (TPSA) is 55.8 Å². The minimum Gasteiger partial charge on any atom is -0.380 e. The number of fused-ring (bicyclic) bond motifs is 1. The van der Waals surface area contributed by atoms with Gasteiger partial charge in [0.1, 0.15) is 0 Å². The fraction of sp³-hybridized carbons (Fsp3) is 0.571. The van der Waals surface area contributed by atoms with Gasteiger partial charge in [0.15, 0.2) is 0 Å². The largest absolute Gasteiger partial charge is 0.380 e. The highest BCUT2D eigenvalue weighted by molar-refractivity contribution is 7.89. The van der Waals surface area contributed by atoms with Crippen molar-refractivity contribution < 1.29 is 17.9 Å². The molecule has 2 aliphatic heterocycles. The highest BCUT2D eigenvalue weighted by atomic mass is 32.2. The Labute approximate surface area is 119 Å². The van der Waals surface area contributed by atoms with Crippen LogP contribution in [0.15, 0.2) is 29.2 Å². The first-order valence-corrected chi connectivity index (χ1v) is 8.17. The minimum atomic E-state index is -3.48. The standard InChI is InChI=1S/C14H19NO4S/c1-10-3-5-11(6-4-10)20(16,17)15-7-14(18-2)12-8-19-9-13(12)15/h3-6,12-14H,7-9H2,1-2H3/t12-,13+,14-/m1/s1. The number of methoxy groups -OCH3 is 1. The van der Waals surface area contributed by atoms with Crippen molar-refractivity contribution >= 4 is 10.0 Å². The lowest BCUT2D eigenvalue weighted by molar-refractivity contribution is 0.0599. The van der Waals surface area contributed by atoms with Crippen LogP contribution in [-0.4, -0.2) is 51.7 Å². The quantitative estimate of drug-likeness (QED) is 0.836. The summed E-state index contributed by atoms with van der Waals surface area (Å²) >= 11 is 0. The molecule has 1 aromatic rings. The zero-order valence-corrected chi connectivity index (χ0v) is 12.5. The lowest BCUT2D eigenvalue weighted by atomic mass is 10.0. The Morgan fingerprint density at radius 2 is 1.95 bits per heavy atom. The summed E-state index contributed by atoms with van der Waals surface area (Å²) in [5.74, 6) is 0.139. The van der Waals surface area contributed by atoms with Crippen molar-refractivity contribution in [1.29, 1.82) is 0 Å². The van der Waals surface area contributed by atoms with Gasteiger partial charge in [0.25, 0.3) is 0 Å². The zero-order valence-electron chi connectivity index (χ0n) is 11.7. The van der Waals surface area contributed by atoms with Crippen molar-refractivity contribution in [3.8, 4) is 0 Å². The third-order valence-corrected chi connectivity index (χ3v) is 6.14.